The van der Waals surface area contributed by atoms with E-state index < -0.39 is 46.1 Å². The summed E-state index contributed by atoms with van der Waals surface area (Å²) in [7, 11) is 0. The standard InChI is InChI=1S/C11H7BrF5NO/c1-11(2-3(11)12)10(19)18-9-7(16)5(14)4(13)6(15)8(9)17/h3H,2H2,1H3,(H,18,19). The van der Waals surface area contributed by atoms with Crippen molar-refractivity contribution in [3.05, 3.63) is 29.1 Å². The van der Waals surface area contributed by atoms with Gasteiger partial charge in [-0.1, -0.05) is 15.9 Å². The van der Waals surface area contributed by atoms with Crippen LogP contribution < -0.4 is 5.32 Å². The second-order valence-electron chi connectivity index (χ2n) is 4.49. The molecule has 0 heterocycles. The average Bonchev–Trinajstić information content (AvgIpc) is 2.99. The van der Waals surface area contributed by atoms with E-state index in [1.807, 2.05) is 0 Å². The predicted molar refractivity (Wildman–Crippen MR) is 60.3 cm³/mol. The van der Waals surface area contributed by atoms with E-state index in [2.05, 4.69) is 15.9 Å². The number of nitrogens with one attached hydrogen (secondary N) is 1. The van der Waals surface area contributed by atoms with Gasteiger partial charge in [-0.2, -0.15) is 0 Å². The van der Waals surface area contributed by atoms with Gasteiger partial charge in [-0.3, -0.25) is 4.79 Å². The fourth-order valence-corrected chi connectivity index (χ4v) is 2.40. The molecule has 104 valence electrons. The van der Waals surface area contributed by atoms with Gasteiger partial charge in [0.1, 0.15) is 5.69 Å². The molecule has 0 spiro atoms. The number of amides is 1. The third-order valence-corrected chi connectivity index (χ3v) is 4.44. The van der Waals surface area contributed by atoms with Crippen LogP contribution in [0.3, 0.4) is 0 Å². The number of hydrogen-bond donors (Lipinski definition) is 1. The lowest BCUT2D eigenvalue weighted by atomic mass is 10.1. The molecule has 1 aromatic carbocycles. The Morgan fingerprint density at radius 1 is 1.11 bits per heavy atom. The molecule has 0 bridgehead atoms. The molecule has 1 fully saturated rings. The number of rotatable bonds is 2. The summed E-state index contributed by atoms with van der Waals surface area (Å²) >= 11 is 3.14. The van der Waals surface area contributed by atoms with E-state index in [0.29, 0.717) is 6.42 Å². The molecule has 0 aromatic heterocycles. The van der Waals surface area contributed by atoms with Gasteiger partial charge in [0, 0.05) is 4.83 Å². The van der Waals surface area contributed by atoms with Crippen LogP contribution in [0.15, 0.2) is 0 Å². The minimum absolute atomic E-state index is 0.193. The topological polar surface area (TPSA) is 29.1 Å². The lowest BCUT2D eigenvalue weighted by molar-refractivity contribution is -0.120. The summed E-state index contributed by atoms with van der Waals surface area (Å²) in [4.78, 5) is 11.5. The Bertz CT molecular complexity index is 550. The van der Waals surface area contributed by atoms with Crippen LogP contribution in [0.2, 0.25) is 0 Å². The third kappa shape index (κ3) is 2.11. The van der Waals surface area contributed by atoms with Gasteiger partial charge in [0.25, 0.3) is 0 Å². The number of alkyl halides is 1. The molecule has 19 heavy (non-hydrogen) atoms. The van der Waals surface area contributed by atoms with Crippen molar-refractivity contribution < 1.29 is 26.7 Å². The summed E-state index contributed by atoms with van der Waals surface area (Å²) in [6.45, 7) is 1.51. The predicted octanol–water partition coefficient (Wildman–Crippen LogP) is 3.49. The highest BCUT2D eigenvalue weighted by atomic mass is 79.9. The number of anilines is 1. The van der Waals surface area contributed by atoms with E-state index in [4.69, 9.17) is 0 Å². The van der Waals surface area contributed by atoms with Crippen molar-refractivity contribution in [3.8, 4) is 0 Å². The molecule has 0 saturated heterocycles. The van der Waals surface area contributed by atoms with E-state index in [1.165, 1.54) is 6.92 Å². The van der Waals surface area contributed by atoms with E-state index >= 15 is 0 Å². The number of halogens is 6. The van der Waals surface area contributed by atoms with Gasteiger partial charge in [0.15, 0.2) is 23.3 Å². The average molecular weight is 344 g/mol. The lowest BCUT2D eigenvalue weighted by Crippen LogP contribution is -2.25. The number of benzene rings is 1. The fraction of sp³-hybridized carbons (Fsp3) is 0.364. The first-order valence-electron chi connectivity index (χ1n) is 5.17. The van der Waals surface area contributed by atoms with Gasteiger partial charge in [-0.25, -0.2) is 22.0 Å². The van der Waals surface area contributed by atoms with Gasteiger partial charge in [0.2, 0.25) is 11.7 Å². The Labute approximate surface area is 113 Å². The summed E-state index contributed by atoms with van der Waals surface area (Å²) < 4.78 is 65.3. The summed E-state index contributed by atoms with van der Waals surface area (Å²) in [5.74, 6) is -11.4. The maximum atomic E-state index is 13.3. The summed E-state index contributed by atoms with van der Waals surface area (Å²) in [5, 5.41) is 1.75. The first kappa shape index (κ1) is 14.2. The second-order valence-corrected chi connectivity index (χ2v) is 5.59. The van der Waals surface area contributed by atoms with Crippen LogP contribution in [0.4, 0.5) is 27.6 Å². The number of carbonyl (C=O) groups excluding carboxylic acids is 1. The molecule has 1 N–H and O–H groups in total. The number of hydrogen-bond acceptors (Lipinski definition) is 1. The minimum Gasteiger partial charge on any atom is -0.320 e. The molecule has 0 aliphatic heterocycles. The molecule has 1 amide bonds. The monoisotopic (exact) mass is 343 g/mol. The molecule has 1 aliphatic rings. The third-order valence-electron chi connectivity index (χ3n) is 3.10. The fourth-order valence-electron chi connectivity index (χ4n) is 1.52. The Hall–Kier alpha value is -1.18. The Kier molecular flexibility index (Phi) is 3.32. The van der Waals surface area contributed by atoms with Gasteiger partial charge >= 0.3 is 0 Å². The van der Waals surface area contributed by atoms with Gasteiger partial charge in [0.05, 0.1) is 5.41 Å². The van der Waals surface area contributed by atoms with Crippen LogP contribution in [0.1, 0.15) is 13.3 Å². The van der Waals surface area contributed by atoms with Gasteiger partial charge in [-0.15, -0.1) is 0 Å². The van der Waals surface area contributed by atoms with E-state index in [-0.39, 0.29) is 4.83 Å². The summed E-state index contributed by atoms with van der Waals surface area (Å²) in [6, 6.07) is 0. The molecule has 2 unspecified atom stereocenters. The molecule has 2 rings (SSSR count). The molecule has 8 heteroatoms. The maximum absolute atomic E-state index is 13.3. The first-order valence-corrected chi connectivity index (χ1v) is 6.08. The highest BCUT2D eigenvalue weighted by Crippen LogP contribution is 2.51. The zero-order chi connectivity index (χ0) is 14.5. The summed E-state index contributed by atoms with van der Waals surface area (Å²) in [6.07, 6.45) is 0.411. The van der Waals surface area contributed by atoms with Crippen LogP contribution in [0.5, 0.6) is 0 Å². The smallest absolute Gasteiger partial charge is 0.231 e. The molecule has 1 aromatic rings. The lowest BCUT2D eigenvalue weighted by Gasteiger charge is -2.13. The highest BCUT2D eigenvalue weighted by Gasteiger charge is 2.55. The van der Waals surface area contributed by atoms with E-state index in [0.717, 1.165) is 0 Å². The van der Waals surface area contributed by atoms with Gasteiger partial charge < -0.3 is 5.32 Å². The van der Waals surface area contributed by atoms with Crippen molar-refractivity contribution in [2.75, 3.05) is 5.32 Å². The Morgan fingerprint density at radius 2 is 1.47 bits per heavy atom. The van der Waals surface area contributed by atoms with Crippen LogP contribution in [0, 0.1) is 34.5 Å². The molecule has 0 radical (unpaired) electrons. The molecular weight excluding hydrogens is 337 g/mol. The van der Waals surface area contributed by atoms with Crippen LogP contribution in [-0.2, 0) is 4.79 Å². The van der Waals surface area contributed by atoms with Crippen molar-refractivity contribution in [2.45, 2.75) is 18.2 Å². The highest BCUT2D eigenvalue weighted by molar-refractivity contribution is 9.09. The quantitative estimate of drug-likeness (QED) is 0.378. The Balaban J connectivity index is 2.39. The SMILES string of the molecule is CC1(C(=O)Nc2c(F)c(F)c(F)c(F)c2F)CC1Br. The minimum atomic E-state index is -2.26. The molecule has 2 atom stereocenters. The van der Waals surface area contributed by atoms with Crippen molar-refractivity contribution in [1.29, 1.82) is 0 Å². The first-order chi connectivity index (χ1) is 8.70. The maximum Gasteiger partial charge on any atom is 0.231 e. The van der Waals surface area contributed by atoms with Crippen molar-refractivity contribution in [2.24, 2.45) is 5.41 Å². The molecule has 1 saturated carbocycles. The van der Waals surface area contributed by atoms with Crippen LogP contribution in [-0.4, -0.2) is 10.7 Å². The van der Waals surface area contributed by atoms with Crippen molar-refractivity contribution in [3.63, 3.8) is 0 Å². The number of carbonyl (C=O) groups is 1. The molecular formula is C11H7BrF5NO. The second kappa shape index (κ2) is 4.43. The molecule has 1 aliphatic carbocycles. The van der Waals surface area contributed by atoms with Crippen LogP contribution in [0.25, 0.3) is 0 Å². The van der Waals surface area contributed by atoms with Crippen LogP contribution >= 0.6 is 15.9 Å². The normalized spacial score (nSPS) is 25.3. The van der Waals surface area contributed by atoms with E-state index in [1.54, 1.807) is 5.32 Å². The van der Waals surface area contributed by atoms with Crippen molar-refractivity contribution in [1.82, 2.24) is 0 Å². The van der Waals surface area contributed by atoms with E-state index in [9.17, 15) is 26.7 Å². The largest absolute Gasteiger partial charge is 0.320 e. The summed E-state index contributed by atoms with van der Waals surface area (Å²) in [5.41, 5.74) is -2.24. The van der Waals surface area contributed by atoms with Crippen molar-refractivity contribution >= 4 is 27.5 Å². The molecule has 2 nitrogen and oxygen atoms in total. The Morgan fingerprint density at radius 3 is 1.84 bits per heavy atom. The zero-order valence-electron chi connectivity index (χ0n) is 9.46. The van der Waals surface area contributed by atoms with Gasteiger partial charge in [-0.05, 0) is 13.3 Å². The zero-order valence-corrected chi connectivity index (χ0v) is 11.0.